The molecule has 61 heavy (non-hydrogen) atoms. The molecule has 1 aromatic heterocycles. The van der Waals surface area contributed by atoms with E-state index in [4.69, 9.17) is 0 Å². The molecule has 4 aliphatic rings. The number of Topliss-reactive ketones (excluding diaryl/α,β-unsaturated/α-hetero) is 1. The Balaban J connectivity index is 1.30. The van der Waals surface area contributed by atoms with Crippen LogP contribution in [0.25, 0.3) is 0 Å². The predicted molar refractivity (Wildman–Crippen MR) is 226 cm³/mol. The predicted octanol–water partition coefficient (Wildman–Crippen LogP) is 3.04. The van der Waals surface area contributed by atoms with Gasteiger partial charge in [-0.15, -0.1) is 0 Å². The Labute approximate surface area is 358 Å². The number of benzene rings is 1. The average molecular weight is 842 g/mol. The molecule has 4 fully saturated rings. The number of hydrogen-bond acceptors (Lipinski definition) is 10. The number of fused-ring (bicyclic) bond motifs is 2. The third kappa shape index (κ3) is 9.63. The molecule has 4 N–H and O–H groups in total. The zero-order valence-electron chi connectivity index (χ0n) is 36.4. The number of amides is 6. The number of nitrogens with one attached hydrogen (secondary N) is 4. The topological polar surface area (TPSA) is 203 Å². The molecule has 2 unspecified atom stereocenters. The van der Waals surface area contributed by atoms with E-state index < -0.39 is 76.6 Å². The minimum absolute atomic E-state index is 0.000611. The first-order chi connectivity index (χ1) is 29.1. The van der Waals surface area contributed by atoms with Gasteiger partial charge in [0.2, 0.25) is 29.4 Å². The molecule has 3 aliphatic heterocycles. The Morgan fingerprint density at radius 1 is 0.902 bits per heavy atom. The maximum atomic E-state index is 15.3. The van der Waals surface area contributed by atoms with Crippen LogP contribution in [0.5, 0.6) is 0 Å². The van der Waals surface area contributed by atoms with Crippen LogP contribution in [0, 0.1) is 11.3 Å². The quantitative estimate of drug-likeness (QED) is 0.193. The molecule has 4 heterocycles. The van der Waals surface area contributed by atoms with Gasteiger partial charge in [-0.1, -0.05) is 83.7 Å². The number of likely N-dealkylation sites (N-methyl/N-ethyl adjacent to an activating group) is 1. The summed E-state index contributed by atoms with van der Waals surface area (Å²) < 4.78 is 0. The molecule has 3 saturated heterocycles. The summed E-state index contributed by atoms with van der Waals surface area (Å²) >= 11 is 0. The Morgan fingerprint density at radius 2 is 1.62 bits per heavy atom. The summed E-state index contributed by atoms with van der Waals surface area (Å²) in [5, 5.41) is 11.5. The lowest BCUT2D eigenvalue weighted by Gasteiger charge is -2.40. The number of nitrogens with zero attached hydrogens (tertiary/aromatic N) is 5. The van der Waals surface area contributed by atoms with Crippen molar-refractivity contribution in [3.8, 4) is 0 Å². The van der Waals surface area contributed by atoms with Crippen LogP contribution < -0.4 is 21.3 Å². The van der Waals surface area contributed by atoms with Gasteiger partial charge in [0, 0.05) is 31.9 Å². The number of ketones is 1. The van der Waals surface area contributed by atoms with E-state index in [1.807, 2.05) is 65.0 Å². The second kappa shape index (κ2) is 19.2. The Bertz CT molecular complexity index is 1940. The first-order valence-electron chi connectivity index (χ1n) is 22.1. The standard InChI is InChI=1S/C45H63N9O7/c1-7-16-31(36(55)41(59)48-28(3)29-17-11-9-12-18-29)49-39(57)34-25-45(53(8-2)42(60)33-21-15-24-54(33)45)27-52(34)43(61)37(44(4,5)6)51-40(58)35(30-19-13-10-14-20-30)50-38(56)32-26-46-22-23-47-32/h9,11-12,17-18,22-23,26,28,30-31,33-35,37H,7-8,10,13-16,19-21,24-25,27H2,1-6H3,(H,48,59)(H,49,57)(H,50,56)(H,51,58)/t28-,31?,33-,34-,35-,37+,45?/m0/s1. The lowest BCUT2D eigenvalue weighted by Crippen LogP contribution is -2.62. The molecule has 16 nitrogen and oxygen atoms in total. The first kappa shape index (κ1) is 45.3. The summed E-state index contributed by atoms with van der Waals surface area (Å²) in [6.45, 7) is 11.9. The number of rotatable bonds is 15. The fourth-order valence-electron chi connectivity index (χ4n) is 9.87. The van der Waals surface area contributed by atoms with E-state index in [0.717, 1.165) is 31.2 Å². The molecule has 7 atom stereocenters. The van der Waals surface area contributed by atoms with E-state index in [9.17, 15) is 28.8 Å². The van der Waals surface area contributed by atoms with Crippen LogP contribution >= 0.6 is 0 Å². The van der Waals surface area contributed by atoms with Gasteiger partial charge < -0.3 is 31.1 Å². The van der Waals surface area contributed by atoms with Crippen LogP contribution in [-0.2, 0) is 28.8 Å². The fraction of sp³-hybridized carbons (Fsp3) is 0.622. The number of carbonyl (C=O) groups excluding carboxylic acids is 7. The molecule has 1 saturated carbocycles. The van der Waals surface area contributed by atoms with Crippen molar-refractivity contribution in [3.63, 3.8) is 0 Å². The number of hydrogen-bond donors (Lipinski definition) is 4. The first-order valence-corrected chi connectivity index (χ1v) is 22.1. The van der Waals surface area contributed by atoms with Crippen molar-refractivity contribution >= 4 is 41.2 Å². The molecule has 0 bridgehead atoms. The maximum Gasteiger partial charge on any atom is 0.290 e. The number of carbonyl (C=O) groups is 7. The largest absolute Gasteiger partial charge is 0.344 e. The van der Waals surface area contributed by atoms with Gasteiger partial charge in [-0.3, -0.25) is 43.4 Å². The molecule has 2 aromatic rings. The maximum absolute atomic E-state index is 15.3. The molecule has 16 heteroatoms. The van der Waals surface area contributed by atoms with E-state index in [-0.39, 0.29) is 42.9 Å². The van der Waals surface area contributed by atoms with Crippen molar-refractivity contribution in [2.45, 2.75) is 148 Å². The summed E-state index contributed by atoms with van der Waals surface area (Å²) in [7, 11) is 0. The van der Waals surface area contributed by atoms with Crippen molar-refractivity contribution in [1.82, 2.24) is 45.9 Å². The van der Waals surface area contributed by atoms with Crippen LogP contribution in [-0.4, -0.2) is 121 Å². The van der Waals surface area contributed by atoms with Crippen LogP contribution in [0.1, 0.15) is 128 Å². The highest BCUT2D eigenvalue weighted by atomic mass is 16.2. The highest BCUT2D eigenvalue weighted by Crippen LogP contribution is 2.46. The van der Waals surface area contributed by atoms with E-state index in [1.165, 1.54) is 23.5 Å². The summed E-state index contributed by atoms with van der Waals surface area (Å²) in [6.07, 6.45) is 10.6. The highest BCUT2D eigenvalue weighted by molar-refractivity contribution is 6.38. The number of aromatic nitrogens is 2. The molecule has 1 aliphatic carbocycles. The van der Waals surface area contributed by atoms with Crippen LogP contribution in [0.15, 0.2) is 48.9 Å². The lowest BCUT2D eigenvalue weighted by molar-refractivity contribution is -0.145. The zero-order chi connectivity index (χ0) is 44.1. The van der Waals surface area contributed by atoms with E-state index in [0.29, 0.717) is 38.8 Å². The van der Waals surface area contributed by atoms with Crippen LogP contribution in [0.3, 0.4) is 0 Å². The average Bonchev–Trinajstić information content (AvgIpc) is 3.96. The third-order valence-electron chi connectivity index (χ3n) is 13.0. The van der Waals surface area contributed by atoms with Gasteiger partial charge in [-0.2, -0.15) is 0 Å². The van der Waals surface area contributed by atoms with Gasteiger partial charge in [0.1, 0.15) is 29.5 Å². The van der Waals surface area contributed by atoms with E-state index in [2.05, 4.69) is 36.1 Å². The smallest absolute Gasteiger partial charge is 0.290 e. The van der Waals surface area contributed by atoms with Gasteiger partial charge in [0.25, 0.3) is 11.8 Å². The zero-order valence-corrected chi connectivity index (χ0v) is 36.4. The normalized spacial score (nSPS) is 23.8. The van der Waals surface area contributed by atoms with Crippen molar-refractivity contribution < 1.29 is 33.6 Å². The van der Waals surface area contributed by atoms with Crippen molar-refractivity contribution in [1.29, 1.82) is 0 Å². The fourth-order valence-corrected chi connectivity index (χ4v) is 9.87. The van der Waals surface area contributed by atoms with Crippen molar-refractivity contribution in [2.24, 2.45) is 11.3 Å². The van der Waals surface area contributed by atoms with Crippen molar-refractivity contribution in [2.75, 3.05) is 19.6 Å². The molecular weight excluding hydrogens is 779 g/mol. The number of likely N-dealkylation sites (tertiary alicyclic amines) is 1. The van der Waals surface area contributed by atoms with E-state index >= 15 is 4.79 Å². The van der Waals surface area contributed by atoms with Gasteiger partial charge in [-0.05, 0) is 62.8 Å². The Hall–Kier alpha value is -5.25. The lowest BCUT2D eigenvalue weighted by atomic mass is 9.82. The summed E-state index contributed by atoms with van der Waals surface area (Å²) in [4.78, 5) is 112. The summed E-state index contributed by atoms with van der Waals surface area (Å²) in [6, 6.07) is 3.93. The summed E-state index contributed by atoms with van der Waals surface area (Å²) in [5.41, 5.74) is -1.00. The second-order valence-electron chi connectivity index (χ2n) is 18.2. The second-order valence-corrected chi connectivity index (χ2v) is 18.2. The van der Waals surface area contributed by atoms with Crippen LogP contribution in [0.2, 0.25) is 0 Å². The van der Waals surface area contributed by atoms with Gasteiger partial charge >= 0.3 is 0 Å². The molecular formula is C45H63N9O7. The van der Waals surface area contributed by atoms with Crippen molar-refractivity contribution in [3.05, 3.63) is 60.2 Å². The van der Waals surface area contributed by atoms with Gasteiger partial charge in [0.05, 0.1) is 30.9 Å². The molecule has 330 valence electrons. The minimum atomic E-state index is -1.17. The highest BCUT2D eigenvalue weighted by Gasteiger charge is 2.64. The SMILES string of the molecule is CCCC(NC(=O)[C@@H]1CC2(CN1C(=O)[C@@H](NC(=O)[C@@H](NC(=O)c1cnccn1)C1CCCCC1)C(C)(C)C)N(CC)C(=O)[C@@H]1CCCN12)C(=O)C(=O)N[C@@H](C)c1ccccc1. The van der Waals surface area contributed by atoms with Gasteiger partial charge in [0.15, 0.2) is 0 Å². The minimum Gasteiger partial charge on any atom is -0.344 e. The molecule has 1 aromatic carbocycles. The monoisotopic (exact) mass is 841 g/mol. The van der Waals surface area contributed by atoms with E-state index in [1.54, 1.807) is 11.8 Å². The Morgan fingerprint density at radius 3 is 2.26 bits per heavy atom. The molecule has 6 amide bonds. The van der Waals surface area contributed by atoms with Gasteiger partial charge in [-0.25, -0.2) is 4.98 Å². The Kier molecular flexibility index (Phi) is 14.3. The molecule has 1 spiro atoms. The molecule has 0 radical (unpaired) electrons. The third-order valence-corrected chi connectivity index (χ3v) is 13.0. The summed E-state index contributed by atoms with van der Waals surface area (Å²) in [5.74, 6) is -4.10. The van der Waals surface area contributed by atoms with Crippen LogP contribution in [0.4, 0.5) is 0 Å². The molecule has 6 rings (SSSR count).